The van der Waals surface area contributed by atoms with Crippen LogP contribution in [0.3, 0.4) is 0 Å². The smallest absolute Gasteiger partial charge is 0.215 e. The lowest BCUT2D eigenvalue weighted by Crippen LogP contribution is -2.36. The molecular weight excluding hydrogens is 302 g/mol. The molecule has 0 aliphatic carbocycles. The lowest BCUT2D eigenvalue weighted by molar-refractivity contribution is 0.216. The van der Waals surface area contributed by atoms with Crippen molar-refractivity contribution >= 4 is 5.69 Å². The molecule has 0 spiro atoms. The van der Waals surface area contributed by atoms with E-state index in [9.17, 15) is 0 Å². The van der Waals surface area contributed by atoms with Crippen LogP contribution in [-0.4, -0.2) is 36.8 Å². The molecule has 5 heteroatoms. The van der Waals surface area contributed by atoms with E-state index in [1.54, 1.807) is 13.3 Å². The summed E-state index contributed by atoms with van der Waals surface area (Å²) in [6, 6.07) is 6.00. The third-order valence-corrected chi connectivity index (χ3v) is 4.57. The van der Waals surface area contributed by atoms with Crippen LogP contribution >= 0.6 is 0 Å². The van der Waals surface area contributed by atoms with Crippen LogP contribution in [0.15, 0.2) is 30.6 Å². The summed E-state index contributed by atoms with van der Waals surface area (Å²) in [6.07, 6.45) is 5.92. The van der Waals surface area contributed by atoms with Crippen molar-refractivity contribution in [2.45, 2.75) is 26.7 Å². The Kier molecular flexibility index (Phi) is 5.18. The van der Waals surface area contributed by atoms with Gasteiger partial charge in [-0.1, -0.05) is 0 Å². The molecule has 0 radical (unpaired) electrons. The molecule has 1 fully saturated rings. The topological polar surface area (TPSA) is 47.5 Å². The van der Waals surface area contributed by atoms with Gasteiger partial charge in [0, 0.05) is 43.3 Å². The molecule has 1 saturated heterocycles. The minimum atomic E-state index is 0.576. The van der Waals surface area contributed by atoms with E-state index in [1.807, 2.05) is 24.4 Å². The van der Waals surface area contributed by atoms with Gasteiger partial charge in [0.1, 0.15) is 0 Å². The number of anilines is 1. The lowest BCUT2D eigenvalue weighted by Gasteiger charge is -2.34. The summed E-state index contributed by atoms with van der Waals surface area (Å²) in [5.41, 5.74) is 3.59. The van der Waals surface area contributed by atoms with Crippen LogP contribution < -0.4 is 14.4 Å². The van der Waals surface area contributed by atoms with Crippen molar-refractivity contribution in [2.24, 2.45) is 5.92 Å². The Morgan fingerprint density at radius 1 is 1.12 bits per heavy atom. The second-order valence-electron chi connectivity index (χ2n) is 6.43. The van der Waals surface area contributed by atoms with Crippen LogP contribution in [0.2, 0.25) is 0 Å². The summed E-state index contributed by atoms with van der Waals surface area (Å²) in [5, 5.41) is 0. The van der Waals surface area contributed by atoms with Gasteiger partial charge in [-0.2, -0.15) is 0 Å². The standard InChI is InChI=1S/C19H25N3O2/c1-14-4-7-20-19(10-14)24-13-16-5-8-22(9-6-16)17-11-18(23-3)21-12-15(17)2/h4,7,10-12,16H,5-6,8-9,13H2,1-3H3. The summed E-state index contributed by atoms with van der Waals surface area (Å²) in [7, 11) is 1.66. The molecule has 0 saturated carbocycles. The zero-order valence-electron chi connectivity index (χ0n) is 14.7. The molecule has 1 aliphatic heterocycles. The minimum absolute atomic E-state index is 0.576. The average Bonchev–Trinajstić information content (AvgIpc) is 2.61. The Bertz CT molecular complexity index is 682. The Morgan fingerprint density at radius 2 is 1.92 bits per heavy atom. The molecule has 1 aliphatic rings. The molecule has 5 nitrogen and oxygen atoms in total. The fourth-order valence-corrected chi connectivity index (χ4v) is 3.08. The quantitative estimate of drug-likeness (QED) is 0.842. The highest BCUT2D eigenvalue weighted by molar-refractivity contribution is 5.54. The maximum absolute atomic E-state index is 5.87. The zero-order chi connectivity index (χ0) is 16.9. The number of hydrogen-bond acceptors (Lipinski definition) is 5. The van der Waals surface area contributed by atoms with Crippen molar-refractivity contribution < 1.29 is 9.47 Å². The fourth-order valence-electron chi connectivity index (χ4n) is 3.08. The Balaban J connectivity index is 1.54. The van der Waals surface area contributed by atoms with Gasteiger partial charge >= 0.3 is 0 Å². The molecule has 24 heavy (non-hydrogen) atoms. The maximum Gasteiger partial charge on any atom is 0.215 e. The van der Waals surface area contributed by atoms with Gasteiger partial charge in [0.05, 0.1) is 13.7 Å². The Morgan fingerprint density at radius 3 is 2.62 bits per heavy atom. The van der Waals surface area contributed by atoms with Gasteiger partial charge in [-0.05, 0) is 49.8 Å². The largest absolute Gasteiger partial charge is 0.481 e. The van der Waals surface area contributed by atoms with Crippen molar-refractivity contribution in [3.63, 3.8) is 0 Å². The van der Waals surface area contributed by atoms with Crippen molar-refractivity contribution in [1.29, 1.82) is 0 Å². The van der Waals surface area contributed by atoms with Gasteiger partial charge in [0.15, 0.2) is 0 Å². The summed E-state index contributed by atoms with van der Waals surface area (Å²) in [4.78, 5) is 10.9. The number of aromatic nitrogens is 2. The number of aryl methyl sites for hydroxylation is 2. The van der Waals surface area contributed by atoms with Gasteiger partial charge in [-0.25, -0.2) is 9.97 Å². The third kappa shape index (κ3) is 3.96. The molecule has 0 atom stereocenters. The number of nitrogens with zero attached hydrogens (tertiary/aromatic N) is 3. The van der Waals surface area contributed by atoms with E-state index in [4.69, 9.17) is 9.47 Å². The van der Waals surface area contributed by atoms with E-state index in [-0.39, 0.29) is 0 Å². The molecule has 2 aromatic rings. The molecular formula is C19H25N3O2. The average molecular weight is 327 g/mol. The molecule has 2 aromatic heterocycles. The fraction of sp³-hybridized carbons (Fsp3) is 0.474. The van der Waals surface area contributed by atoms with Crippen LogP contribution in [0.4, 0.5) is 5.69 Å². The van der Waals surface area contributed by atoms with Crippen LogP contribution in [0.25, 0.3) is 0 Å². The van der Waals surface area contributed by atoms with Crippen LogP contribution in [0, 0.1) is 19.8 Å². The lowest BCUT2D eigenvalue weighted by atomic mass is 9.97. The first-order valence-electron chi connectivity index (χ1n) is 8.46. The van der Waals surface area contributed by atoms with Crippen LogP contribution in [0.1, 0.15) is 24.0 Å². The second kappa shape index (κ2) is 7.51. The van der Waals surface area contributed by atoms with E-state index in [1.165, 1.54) is 16.8 Å². The predicted molar refractivity (Wildman–Crippen MR) is 94.9 cm³/mol. The van der Waals surface area contributed by atoms with E-state index >= 15 is 0 Å². The first kappa shape index (κ1) is 16.6. The number of pyridine rings is 2. The molecule has 0 bridgehead atoms. The van der Waals surface area contributed by atoms with Crippen molar-refractivity contribution in [3.05, 3.63) is 41.7 Å². The summed E-state index contributed by atoms with van der Waals surface area (Å²) >= 11 is 0. The Labute approximate surface area is 143 Å². The third-order valence-electron chi connectivity index (χ3n) is 4.57. The van der Waals surface area contributed by atoms with Crippen LogP contribution in [-0.2, 0) is 0 Å². The first-order valence-corrected chi connectivity index (χ1v) is 8.46. The highest BCUT2D eigenvalue weighted by atomic mass is 16.5. The summed E-state index contributed by atoms with van der Waals surface area (Å²) in [5.74, 6) is 1.98. The molecule has 0 aromatic carbocycles. The highest BCUT2D eigenvalue weighted by Crippen LogP contribution is 2.28. The Hall–Kier alpha value is -2.30. The number of methoxy groups -OCH3 is 1. The van der Waals surface area contributed by atoms with E-state index in [2.05, 4.69) is 28.7 Å². The van der Waals surface area contributed by atoms with E-state index in [0.717, 1.165) is 38.4 Å². The normalized spacial score (nSPS) is 15.4. The molecule has 3 rings (SSSR count). The molecule has 0 N–H and O–H groups in total. The van der Waals surface area contributed by atoms with Gasteiger partial charge in [-0.15, -0.1) is 0 Å². The molecule has 0 amide bonds. The maximum atomic E-state index is 5.87. The monoisotopic (exact) mass is 327 g/mol. The van der Waals surface area contributed by atoms with Gasteiger partial charge in [0.2, 0.25) is 11.8 Å². The van der Waals surface area contributed by atoms with E-state index in [0.29, 0.717) is 11.8 Å². The van der Waals surface area contributed by atoms with Gasteiger partial charge < -0.3 is 14.4 Å². The highest BCUT2D eigenvalue weighted by Gasteiger charge is 2.21. The number of piperidine rings is 1. The first-order chi connectivity index (χ1) is 11.7. The number of ether oxygens (including phenoxy) is 2. The number of rotatable bonds is 5. The van der Waals surface area contributed by atoms with Gasteiger partial charge in [-0.3, -0.25) is 0 Å². The second-order valence-corrected chi connectivity index (χ2v) is 6.43. The summed E-state index contributed by atoms with van der Waals surface area (Å²) < 4.78 is 11.1. The minimum Gasteiger partial charge on any atom is -0.481 e. The SMILES string of the molecule is COc1cc(N2CCC(COc3cc(C)ccn3)CC2)c(C)cn1. The van der Waals surface area contributed by atoms with Crippen molar-refractivity contribution in [2.75, 3.05) is 31.7 Å². The summed E-state index contributed by atoms with van der Waals surface area (Å²) in [6.45, 7) is 6.95. The zero-order valence-corrected chi connectivity index (χ0v) is 14.7. The predicted octanol–water partition coefficient (Wildman–Crippen LogP) is 3.40. The molecule has 128 valence electrons. The van der Waals surface area contributed by atoms with Crippen molar-refractivity contribution in [1.82, 2.24) is 9.97 Å². The van der Waals surface area contributed by atoms with Crippen molar-refractivity contribution in [3.8, 4) is 11.8 Å². The number of hydrogen-bond donors (Lipinski definition) is 0. The molecule has 3 heterocycles. The molecule has 0 unspecified atom stereocenters. The van der Waals surface area contributed by atoms with Gasteiger partial charge in [0.25, 0.3) is 0 Å². The van der Waals surface area contributed by atoms with E-state index < -0.39 is 0 Å². The van der Waals surface area contributed by atoms with Crippen LogP contribution in [0.5, 0.6) is 11.8 Å².